The molecule has 1 aromatic rings. The fourth-order valence-corrected chi connectivity index (χ4v) is 3.66. The van der Waals surface area contributed by atoms with E-state index in [0.717, 1.165) is 17.6 Å². The van der Waals surface area contributed by atoms with E-state index in [2.05, 4.69) is 4.98 Å². The van der Waals surface area contributed by atoms with Crippen LogP contribution in [0.1, 0.15) is 5.69 Å². The number of ether oxygens (including phenoxy) is 1. The van der Waals surface area contributed by atoms with Gasteiger partial charge in [0.15, 0.2) is 6.10 Å². The van der Waals surface area contributed by atoms with Crippen molar-refractivity contribution in [3.8, 4) is 0 Å². The molecule has 1 aromatic heterocycles. The summed E-state index contributed by atoms with van der Waals surface area (Å²) in [6.07, 6.45) is -3.83. The Morgan fingerprint density at radius 2 is 2.00 bits per heavy atom. The molecule has 0 radical (unpaired) electrons. The van der Waals surface area contributed by atoms with Crippen LogP contribution in [0.4, 0.5) is 18.9 Å². The van der Waals surface area contributed by atoms with Crippen molar-refractivity contribution in [3.05, 3.63) is 24.0 Å². The Balaban J connectivity index is 1.65. The standard InChI is InChI=1S/C15H18F3N3O2S/c16-15(17,18)13-2-1-11(9-19-13)21-3-6-23-12(10-21)14(22)20-4-7-24-8-5-20/h1-2,9,12H,3-8,10H2. The fourth-order valence-electron chi connectivity index (χ4n) is 2.76. The van der Waals surface area contributed by atoms with E-state index < -0.39 is 18.0 Å². The van der Waals surface area contributed by atoms with E-state index in [1.807, 2.05) is 16.7 Å². The van der Waals surface area contributed by atoms with Crippen LogP contribution in [0.5, 0.6) is 0 Å². The molecule has 3 heterocycles. The van der Waals surface area contributed by atoms with E-state index in [9.17, 15) is 18.0 Å². The molecule has 132 valence electrons. The summed E-state index contributed by atoms with van der Waals surface area (Å²) in [5, 5.41) is 0. The fraction of sp³-hybridized carbons (Fsp3) is 0.600. The van der Waals surface area contributed by atoms with E-state index in [4.69, 9.17) is 4.74 Å². The average molecular weight is 361 g/mol. The summed E-state index contributed by atoms with van der Waals surface area (Å²) in [5.74, 6) is 1.80. The number of halogens is 3. The van der Waals surface area contributed by atoms with Gasteiger partial charge in [-0.3, -0.25) is 4.79 Å². The first-order chi connectivity index (χ1) is 11.4. The van der Waals surface area contributed by atoms with Gasteiger partial charge in [0, 0.05) is 31.1 Å². The van der Waals surface area contributed by atoms with Gasteiger partial charge in [0.2, 0.25) is 0 Å². The van der Waals surface area contributed by atoms with E-state index in [-0.39, 0.29) is 5.91 Å². The lowest BCUT2D eigenvalue weighted by atomic mass is 10.2. The number of thioether (sulfide) groups is 1. The van der Waals surface area contributed by atoms with E-state index in [1.165, 1.54) is 12.3 Å². The molecule has 5 nitrogen and oxygen atoms in total. The Bertz CT molecular complexity index is 576. The van der Waals surface area contributed by atoms with Crippen molar-refractivity contribution < 1.29 is 22.7 Å². The van der Waals surface area contributed by atoms with Gasteiger partial charge in [-0.1, -0.05) is 0 Å². The second kappa shape index (κ2) is 7.18. The highest BCUT2D eigenvalue weighted by atomic mass is 32.2. The minimum absolute atomic E-state index is 0.0418. The number of anilines is 1. The van der Waals surface area contributed by atoms with Crippen LogP contribution in [0.15, 0.2) is 18.3 Å². The Morgan fingerprint density at radius 1 is 1.25 bits per heavy atom. The largest absolute Gasteiger partial charge is 0.433 e. The van der Waals surface area contributed by atoms with Gasteiger partial charge in [0.05, 0.1) is 25.0 Å². The number of morpholine rings is 1. The van der Waals surface area contributed by atoms with E-state index in [1.54, 1.807) is 4.90 Å². The quantitative estimate of drug-likeness (QED) is 0.805. The van der Waals surface area contributed by atoms with Crippen molar-refractivity contribution >= 4 is 23.4 Å². The van der Waals surface area contributed by atoms with Crippen LogP contribution in [-0.2, 0) is 15.7 Å². The van der Waals surface area contributed by atoms with Crippen molar-refractivity contribution in [3.63, 3.8) is 0 Å². The maximum atomic E-state index is 12.6. The predicted octanol–water partition coefficient (Wildman–Crippen LogP) is 1.88. The first-order valence-electron chi connectivity index (χ1n) is 7.71. The van der Waals surface area contributed by atoms with Gasteiger partial charge in [0.1, 0.15) is 5.69 Å². The molecule has 2 aliphatic rings. The van der Waals surface area contributed by atoms with Gasteiger partial charge in [-0.05, 0) is 12.1 Å². The van der Waals surface area contributed by atoms with Crippen LogP contribution in [0.2, 0.25) is 0 Å². The average Bonchev–Trinajstić information content (AvgIpc) is 2.61. The molecule has 0 N–H and O–H groups in total. The first-order valence-corrected chi connectivity index (χ1v) is 8.87. The topological polar surface area (TPSA) is 45.7 Å². The number of hydrogen-bond acceptors (Lipinski definition) is 5. The van der Waals surface area contributed by atoms with Crippen LogP contribution in [0.25, 0.3) is 0 Å². The van der Waals surface area contributed by atoms with Crippen molar-refractivity contribution in [1.82, 2.24) is 9.88 Å². The minimum atomic E-state index is -4.45. The third-order valence-electron chi connectivity index (χ3n) is 4.07. The summed E-state index contributed by atoms with van der Waals surface area (Å²) < 4.78 is 43.3. The summed E-state index contributed by atoms with van der Waals surface area (Å²) >= 11 is 1.82. The molecular formula is C15H18F3N3O2S. The molecule has 9 heteroatoms. The number of amides is 1. The van der Waals surface area contributed by atoms with Crippen molar-refractivity contribution in [2.24, 2.45) is 0 Å². The highest BCUT2D eigenvalue weighted by molar-refractivity contribution is 7.99. The number of alkyl halides is 3. The Hall–Kier alpha value is -1.48. The molecule has 0 spiro atoms. The molecule has 0 bridgehead atoms. The maximum Gasteiger partial charge on any atom is 0.433 e. The number of hydrogen-bond donors (Lipinski definition) is 0. The molecule has 2 saturated heterocycles. The van der Waals surface area contributed by atoms with Crippen molar-refractivity contribution in [1.29, 1.82) is 0 Å². The summed E-state index contributed by atoms with van der Waals surface area (Å²) in [6, 6.07) is 2.35. The Morgan fingerprint density at radius 3 is 2.62 bits per heavy atom. The number of nitrogens with zero attached hydrogens (tertiary/aromatic N) is 3. The zero-order valence-corrected chi connectivity index (χ0v) is 13.8. The van der Waals surface area contributed by atoms with Crippen LogP contribution in [0, 0.1) is 0 Å². The predicted molar refractivity (Wildman–Crippen MR) is 85.1 cm³/mol. The minimum Gasteiger partial charge on any atom is -0.365 e. The Labute approximate surface area is 142 Å². The molecule has 1 atom stereocenters. The number of carbonyl (C=O) groups is 1. The van der Waals surface area contributed by atoms with Gasteiger partial charge in [-0.25, -0.2) is 4.98 Å². The van der Waals surface area contributed by atoms with Crippen molar-refractivity contribution in [2.45, 2.75) is 12.3 Å². The van der Waals surface area contributed by atoms with Crippen LogP contribution >= 0.6 is 11.8 Å². The molecule has 0 aliphatic carbocycles. The van der Waals surface area contributed by atoms with E-state index >= 15 is 0 Å². The third-order valence-corrected chi connectivity index (χ3v) is 5.01. The number of aromatic nitrogens is 1. The SMILES string of the molecule is O=C(C1CN(c2ccc(C(F)(F)F)nc2)CCO1)N1CCSCC1. The lowest BCUT2D eigenvalue weighted by Gasteiger charge is -2.37. The highest BCUT2D eigenvalue weighted by Gasteiger charge is 2.33. The monoisotopic (exact) mass is 361 g/mol. The van der Waals surface area contributed by atoms with Gasteiger partial charge in [0.25, 0.3) is 5.91 Å². The van der Waals surface area contributed by atoms with Crippen LogP contribution in [0.3, 0.4) is 0 Å². The number of pyridine rings is 1. The molecule has 1 unspecified atom stereocenters. The summed E-state index contributed by atoms with van der Waals surface area (Å²) in [7, 11) is 0. The first kappa shape index (κ1) is 17.3. The molecular weight excluding hydrogens is 343 g/mol. The second-order valence-corrected chi connectivity index (χ2v) is 6.87. The van der Waals surface area contributed by atoms with Crippen molar-refractivity contribution in [2.75, 3.05) is 49.2 Å². The van der Waals surface area contributed by atoms with Gasteiger partial charge >= 0.3 is 6.18 Å². The molecule has 2 fully saturated rings. The normalized spacial score (nSPS) is 22.5. The van der Waals surface area contributed by atoms with Gasteiger partial charge < -0.3 is 14.5 Å². The number of carbonyl (C=O) groups excluding carboxylic acids is 1. The lowest BCUT2D eigenvalue weighted by molar-refractivity contribution is -0.144. The Kier molecular flexibility index (Phi) is 5.19. The summed E-state index contributed by atoms with van der Waals surface area (Å²) in [6.45, 7) is 2.64. The zero-order valence-electron chi connectivity index (χ0n) is 13.0. The molecule has 2 aliphatic heterocycles. The van der Waals surface area contributed by atoms with Gasteiger partial charge in [-0.2, -0.15) is 24.9 Å². The maximum absolute atomic E-state index is 12.6. The number of rotatable bonds is 2. The highest BCUT2D eigenvalue weighted by Crippen LogP contribution is 2.29. The molecule has 0 aromatic carbocycles. The lowest BCUT2D eigenvalue weighted by Crippen LogP contribution is -2.52. The van der Waals surface area contributed by atoms with Crippen LogP contribution in [-0.4, -0.2) is 66.2 Å². The summed E-state index contributed by atoms with van der Waals surface area (Å²) in [4.78, 5) is 19.6. The second-order valence-electron chi connectivity index (χ2n) is 5.64. The smallest absolute Gasteiger partial charge is 0.365 e. The zero-order chi connectivity index (χ0) is 17.2. The summed E-state index contributed by atoms with van der Waals surface area (Å²) in [5.41, 5.74) is -0.351. The molecule has 3 rings (SSSR count). The molecule has 0 saturated carbocycles. The van der Waals surface area contributed by atoms with Gasteiger partial charge in [-0.15, -0.1) is 0 Å². The van der Waals surface area contributed by atoms with Crippen LogP contribution < -0.4 is 4.90 Å². The third kappa shape index (κ3) is 3.94. The molecule has 1 amide bonds. The van der Waals surface area contributed by atoms with E-state index in [0.29, 0.717) is 38.5 Å². The molecule has 24 heavy (non-hydrogen) atoms.